The van der Waals surface area contributed by atoms with Gasteiger partial charge in [0.25, 0.3) is 5.91 Å². The van der Waals surface area contributed by atoms with Crippen molar-refractivity contribution >= 4 is 43.6 Å². The molecule has 1 aromatic carbocycles. The number of aromatic amines is 1. The molecule has 3 heterocycles. The SMILES string of the molecule is CC1OC(c2cc3c(cn2)[nH]c2c(C(N)=O)ccc(Br)c23)O1. The highest BCUT2D eigenvalue weighted by atomic mass is 79.9. The fourth-order valence-electron chi connectivity index (χ4n) is 2.72. The van der Waals surface area contributed by atoms with E-state index in [4.69, 9.17) is 15.2 Å². The topological polar surface area (TPSA) is 90.2 Å². The number of nitrogens with one attached hydrogen (secondary N) is 1. The molecule has 6 nitrogen and oxygen atoms in total. The van der Waals surface area contributed by atoms with Gasteiger partial charge in [0, 0.05) is 15.2 Å². The largest absolute Gasteiger partial charge is 0.366 e. The third-order valence-corrected chi connectivity index (χ3v) is 4.41. The van der Waals surface area contributed by atoms with Crippen LogP contribution in [-0.2, 0) is 9.47 Å². The molecule has 3 aromatic rings. The van der Waals surface area contributed by atoms with Crippen molar-refractivity contribution in [1.29, 1.82) is 0 Å². The number of aromatic nitrogens is 2. The van der Waals surface area contributed by atoms with Gasteiger partial charge in [-0.05, 0) is 25.1 Å². The van der Waals surface area contributed by atoms with Gasteiger partial charge in [-0.15, -0.1) is 0 Å². The molecule has 0 bridgehead atoms. The van der Waals surface area contributed by atoms with E-state index in [1.54, 1.807) is 12.3 Å². The standard InChI is InChI=1S/C15H12BrN3O3/c1-6-21-15(22-6)10-4-8-11(5-18-10)19-13-7(14(17)20)2-3-9(16)12(8)13/h2-6,15,19H,1H3,(H2,17,20). The number of H-pyrrole nitrogens is 1. The normalized spacial score (nSPS) is 21.2. The molecule has 22 heavy (non-hydrogen) atoms. The number of pyridine rings is 1. The summed E-state index contributed by atoms with van der Waals surface area (Å²) in [5.74, 6) is -0.475. The van der Waals surface area contributed by atoms with Crippen LogP contribution < -0.4 is 5.73 Å². The second-order valence-electron chi connectivity index (χ2n) is 5.16. The Bertz CT molecular complexity index is 915. The number of halogens is 1. The molecule has 0 unspecified atom stereocenters. The number of ether oxygens (including phenoxy) is 2. The molecule has 4 rings (SSSR count). The molecule has 1 amide bonds. The zero-order valence-electron chi connectivity index (χ0n) is 11.6. The van der Waals surface area contributed by atoms with Crippen LogP contribution in [0.2, 0.25) is 0 Å². The summed E-state index contributed by atoms with van der Waals surface area (Å²) >= 11 is 3.53. The van der Waals surface area contributed by atoms with E-state index in [0.29, 0.717) is 16.8 Å². The quantitative estimate of drug-likeness (QED) is 0.733. The molecule has 0 radical (unpaired) electrons. The van der Waals surface area contributed by atoms with Crippen molar-refractivity contribution < 1.29 is 14.3 Å². The molecule has 2 aromatic heterocycles. The van der Waals surface area contributed by atoms with Gasteiger partial charge < -0.3 is 20.2 Å². The highest BCUT2D eigenvalue weighted by Gasteiger charge is 2.30. The Morgan fingerprint density at radius 2 is 2.18 bits per heavy atom. The number of carbonyl (C=O) groups excluding carboxylic acids is 1. The minimum atomic E-state index is -0.475. The van der Waals surface area contributed by atoms with Crippen molar-refractivity contribution in [2.75, 3.05) is 0 Å². The lowest BCUT2D eigenvalue weighted by Crippen LogP contribution is -2.32. The zero-order valence-corrected chi connectivity index (χ0v) is 13.2. The Hall–Kier alpha value is -1.96. The molecule has 1 aliphatic heterocycles. The van der Waals surface area contributed by atoms with E-state index in [2.05, 4.69) is 25.9 Å². The Morgan fingerprint density at radius 1 is 1.41 bits per heavy atom. The molecule has 1 fully saturated rings. The number of hydrogen-bond donors (Lipinski definition) is 2. The number of rotatable bonds is 2. The average Bonchev–Trinajstić information content (AvgIpc) is 2.83. The monoisotopic (exact) mass is 361 g/mol. The number of carbonyl (C=O) groups is 1. The predicted molar refractivity (Wildman–Crippen MR) is 84.2 cm³/mol. The van der Waals surface area contributed by atoms with Crippen LogP contribution in [0, 0.1) is 0 Å². The number of primary amides is 1. The zero-order chi connectivity index (χ0) is 15.4. The van der Waals surface area contributed by atoms with E-state index >= 15 is 0 Å². The van der Waals surface area contributed by atoms with Gasteiger partial charge in [0.15, 0.2) is 6.29 Å². The third kappa shape index (κ3) is 1.93. The van der Waals surface area contributed by atoms with Crippen LogP contribution in [0.5, 0.6) is 0 Å². The number of nitrogens with zero attached hydrogens (tertiary/aromatic N) is 1. The van der Waals surface area contributed by atoms with Crippen LogP contribution in [0.1, 0.15) is 29.3 Å². The fraction of sp³-hybridized carbons (Fsp3) is 0.200. The number of hydrogen-bond acceptors (Lipinski definition) is 4. The molecular weight excluding hydrogens is 350 g/mol. The first-order chi connectivity index (χ1) is 10.5. The molecule has 1 saturated heterocycles. The third-order valence-electron chi connectivity index (χ3n) is 3.75. The molecule has 1 aliphatic rings. The second kappa shape index (κ2) is 4.77. The van der Waals surface area contributed by atoms with Gasteiger partial charge in [-0.3, -0.25) is 9.78 Å². The summed E-state index contributed by atoms with van der Waals surface area (Å²) < 4.78 is 11.8. The van der Waals surface area contributed by atoms with Crippen molar-refractivity contribution in [1.82, 2.24) is 9.97 Å². The summed E-state index contributed by atoms with van der Waals surface area (Å²) in [5.41, 5.74) is 8.10. The van der Waals surface area contributed by atoms with Crippen molar-refractivity contribution in [2.45, 2.75) is 19.5 Å². The molecule has 0 aliphatic carbocycles. The van der Waals surface area contributed by atoms with Gasteiger partial charge in [-0.2, -0.15) is 0 Å². The van der Waals surface area contributed by atoms with Gasteiger partial charge in [0.05, 0.1) is 28.5 Å². The summed E-state index contributed by atoms with van der Waals surface area (Å²) in [5, 5.41) is 1.82. The lowest BCUT2D eigenvalue weighted by molar-refractivity contribution is -0.383. The number of fused-ring (bicyclic) bond motifs is 3. The van der Waals surface area contributed by atoms with E-state index in [-0.39, 0.29) is 6.29 Å². The Morgan fingerprint density at radius 3 is 2.86 bits per heavy atom. The van der Waals surface area contributed by atoms with Crippen molar-refractivity contribution in [3.05, 3.63) is 40.1 Å². The Kier molecular flexibility index (Phi) is 2.97. The maximum Gasteiger partial charge on any atom is 0.250 e. The molecular formula is C15H12BrN3O3. The minimum absolute atomic E-state index is 0.210. The Balaban J connectivity index is 1.97. The van der Waals surface area contributed by atoms with Gasteiger partial charge in [-0.1, -0.05) is 15.9 Å². The highest BCUT2D eigenvalue weighted by molar-refractivity contribution is 9.10. The van der Waals surface area contributed by atoms with Crippen LogP contribution in [0.3, 0.4) is 0 Å². The van der Waals surface area contributed by atoms with Crippen LogP contribution in [0.25, 0.3) is 21.8 Å². The highest BCUT2D eigenvalue weighted by Crippen LogP contribution is 2.36. The smallest absolute Gasteiger partial charge is 0.250 e. The van der Waals surface area contributed by atoms with Gasteiger partial charge in [0.1, 0.15) is 0 Å². The van der Waals surface area contributed by atoms with Crippen LogP contribution >= 0.6 is 15.9 Å². The van der Waals surface area contributed by atoms with E-state index in [1.807, 2.05) is 19.1 Å². The summed E-state index contributed by atoms with van der Waals surface area (Å²) in [6.07, 6.45) is 1.05. The van der Waals surface area contributed by atoms with Crippen LogP contribution in [-0.4, -0.2) is 22.2 Å². The maximum atomic E-state index is 11.6. The van der Waals surface area contributed by atoms with Gasteiger partial charge >= 0.3 is 0 Å². The first-order valence-electron chi connectivity index (χ1n) is 6.75. The summed E-state index contributed by atoms with van der Waals surface area (Å²) in [4.78, 5) is 19.2. The summed E-state index contributed by atoms with van der Waals surface area (Å²) in [6, 6.07) is 5.41. The molecule has 112 valence electrons. The summed E-state index contributed by atoms with van der Waals surface area (Å²) in [7, 11) is 0. The first-order valence-corrected chi connectivity index (χ1v) is 7.54. The molecule has 7 heteroatoms. The average molecular weight is 362 g/mol. The molecule has 0 atom stereocenters. The van der Waals surface area contributed by atoms with Crippen molar-refractivity contribution in [3.8, 4) is 0 Å². The van der Waals surface area contributed by atoms with E-state index in [9.17, 15) is 4.79 Å². The molecule has 0 spiro atoms. The maximum absolute atomic E-state index is 11.6. The fourth-order valence-corrected chi connectivity index (χ4v) is 3.26. The van der Waals surface area contributed by atoms with E-state index < -0.39 is 12.2 Å². The Labute approximate surface area is 133 Å². The molecule has 3 N–H and O–H groups in total. The van der Waals surface area contributed by atoms with Gasteiger partial charge in [0.2, 0.25) is 6.29 Å². The minimum Gasteiger partial charge on any atom is -0.366 e. The van der Waals surface area contributed by atoms with Gasteiger partial charge in [-0.25, -0.2) is 0 Å². The number of amides is 1. The lowest BCUT2D eigenvalue weighted by atomic mass is 10.1. The second-order valence-corrected chi connectivity index (χ2v) is 6.02. The first kappa shape index (κ1) is 13.7. The summed E-state index contributed by atoms with van der Waals surface area (Å²) in [6.45, 7) is 1.83. The van der Waals surface area contributed by atoms with Crippen molar-refractivity contribution in [2.24, 2.45) is 5.73 Å². The predicted octanol–water partition coefficient (Wildman–Crippen LogP) is 2.97. The molecule has 0 saturated carbocycles. The van der Waals surface area contributed by atoms with E-state index in [1.165, 1.54) is 0 Å². The van der Waals surface area contributed by atoms with Crippen LogP contribution in [0.4, 0.5) is 0 Å². The lowest BCUT2D eigenvalue weighted by Gasteiger charge is -2.33. The number of nitrogens with two attached hydrogens (primary N) is 1. The van der Waals surface area contributed by atoms with Crippen LogP contribution in [0.15, 0.2) is 28.9 Å². The van der Waals surface area contributed by atoms with E-state index in [0.717, 1.165) is 20.8 Å². The van der Waals surface area contributed by atoms with Crippen molar-refractivity contribution in [3.63, 3.8) is 0 Å². The number of benzene rings is 1.